The van der Waals surface area contributed by atoms with Gasteiger partial charge in [-0.25, -0.2) is 0 Å². The van der Waals surface area contributed by atoms with Crippen molar-refractivity contribution in [1.29, 1.82) is 0 Å². The van der Waals surface area contributed by atoms with E-state index in [2.05, 4.69) is 32.7 Å². The first-order valence-electron chi connectivity index (χ1n) is 5.36. The molecule has 2 N–H and O–H groups in total. The molecule has 84 valence electrons. The standard InChI is InChI=1S/C11H23NO2/c1-10(2)9(14)5-7-12(4)11(10,3)6-8-13/h9,13-14H,5-8H2,1-4H3. The van der Waals surface area contributed by atoms with E-state index in [1.54, 1.807) is 0 Å². The average molecular weight is 201 g/mol. The second-order valence-corrected chi connectivity index (χ2v) is 5.20. The van der Waals surface area contributed by atoms with Gasteiger partial charge in [0.05, 0.1) is 6.10 Å². The molecule has 14 heavy (non-hydrogen) atoms. The minimum absolute atomic E-state index is 0.112. The van der Waals surface area contributed by atoms with Crippen molar-refractivity contribution >= 4 is 0 Å². The number of aliphatic hydroxyl groups is 2. The lowest BCUT2D eigenvalue weighted by Gasteiger charge is -2.56. The molecule has 1 rings (SSSR count). The molecule has 0 radical (unpaired) electrons. The van der Waals surface area contributed by atoms with Gasteiger partial charge in [-0.3, -0.25) is 0 Å². The van der Waals surface area contributed by atoms with Gasteiger partial charge in [0, 0.05) is 24.1 Å². The summed E-state index contributed by atoms with van der Waals surface area (Å²) in [5.41, 5.74) is -0.276. The van der Waals surface area contributed by atoms with Crippen LogP contribution in [0.2, 0.25) is 0 Å². The summed E-state index contributed by atoms with van der Waals surface area (Å²) in [6, 6.07) is 0. The first-order valence-corrected chi connectivity index (χ1v) is 5.36. The van der Waals surface area contributed by atoms with Crippen molar-refractivity contribution in [2.75, 3.05) is 20.2 Å². The molecule has 0 aromatic carbocycles. The smallest absolute Gasteiger partial charge is 0.0620 e. The Morgan fingerprint density at radius 2 is 1.93 bits per heavy atom. The zero-order valence-corrected chi connectivity index (χ0v) is 9.75. The van der Waals surface area contributed by atoms with Crippen LogP contribution in [0.15, 0.2) is 0 Å². The number of hydrogen-bond acceptors (Lipinski definition) is 3. The Kier molecular flexibility index (Phi) is 3.24. The lowest BCUT2D eigenvalue weighted by atomic mass is 9.64. The minimum atomic E-state index is -0.268. The van der Waals surface area contributed by atoms with E-state index < -0.39 is 0 Å². The van der Waals surface area contributed by atoms with E-state index >= 15 is 0 Å². The summed E-state index contributed by atoms with van der Waals surface area (Å²) >= 11 is 0. The Bertz CT molecular complexity index is 205. The predicted molar refractivity (Wildman–Crippen MR) is 57.1 cm³/mol. The summed E-state index contributed by atoms with van der Waals surface area (Å²) < 4.78 is 0. The summed E-state index contributed by atoms with van der Waals surface area (Å²) in [5.74, 6) is 0. The first-order chi connectivity index (χ1) is 6.36. The second kappa shape index (κ2) is 3.80. The molecular weight excluding hydrogens is 178 g/mol. The van der Waals surface area contributed by atoms with Crippen LogP contribution in [-0.2, 0) is 0 Å². The Labute approximate surface area is 86.7 Å². The van der Waals surface area contributed by atoms with Gasteiger partial charge in [-0.05, 0) is 26.8 Å². The third-order valence-electron chi connectivity index (χ3n) is 4.40. The van der Waals surface area contributed by atoms with E-state index in [1.807, 2.05) is 0 Å². The minimum Gasteiger partial charge on any atom is -0.396 e. The van der Waals surface area contributed by atoms with Crippen molar-refractivity contribution in [1.82, 2.24) is 4.90 Å². The van der Waals surface area contributed by atoms with Gasteiger partial charge in [0.25, 0.3) is 0 Å². The van der Waals surface area contributed by atoms with E-state index in [0.717, 1.165) is 13.0 Å². The highest BCUT2D eigenvalue weighted by Gasteiger charge is 2.50. The van der Waals surface area contributed by atoms with Gasteiger partial charge in [0.2, 0.25) is 0 Å². The summed E-state index contributed by atoms with van der Waals surface area (Å²) in [7, 11) is 2.07. The van der Waals surface area contributed by atoms with Gasteiger partial charge in [0.15, 0.2) is 0 Å². The van der Waals surface area contributed by atoms with Crippen molar-refractivity contribution in [3.8, 4) is 0 Å². The number of aliphatic hydroxyl groups excluding tert-OH is 2. The van der Waals surface area contributed by atoms with Crippen LogP contribution in [0.1, 0.15) is 33.6 Å². The molecule has 3 nitrogen and oxygen atoms in total. The molecule has 0 spiro atoms. The summed E-state index contributed by atoms with van der Waals surface area (Å²) in [5, 5.41) is 19.1. The van der Waals surface area contributed by atoms with E-state index in [9.17, 15) is 5.11 Å². The van der Waals surface area contributed by atoms with Crippen LogP contribution in [0.25, 0.3) is 0 Å². The van der Waals surface area contributed by atoms with Crippen LogP contribution >= 0.6 is 0 Å². The SMILES string of the molecule is CN1CCC(O)C(C)(C)C1(C)CCO. The average Bonchev–Trinajstić information content (AvgIpc) is 2.11. The van der Waals surface area contributed by atoms with Gasteiger partial charge in [-0.2, -0.15) is 0 Å². The van der Waals surface area contributed by atoms with Crippen LogP contribution in [0.3, 0.4) is 0 Å². The maximum atomic E-state index is 10.0. The van der Waals surface area contributed by atoms with Gasteiger partial charge >= 0.3 is 0 Å². The molecule has 1 saturated heterocycles. The Morgan fingerprint density at radius 3 is 2.43 bits per heavy atom. The van der Waals surface area contributed by atoms with Crippen LogP contribution in [0.5, 0.6) is 0 Å². The predicted octanol–water partition coefficient (Wildman–Crippen LogP) is 0.850. The first kappa shape index (κ1) is 12.0. The Morgan fingerprint density at radius 1 is 1.36 bits per heavy atom. The van der Waals surface area contributed by atoms with Crippen molar-refractivity contribution in [3.05, 3.63) is 0 Å². The monoisotopic (exact) mass is 201 g/mol. The second-order valence-electron chi connectivity index (χ2n) is 5.20. The molecule has 3 heteroatoms. The van der Waals surface area contributed by atoms with Gasteiger partial charge in [0.1, 0.15) is 0 Å². The fourth-order valence-corrected chi connectivity index (χ4v) is 2.51. The molecule has 1 aliphatic rings. The fourth-order valence-electron chi connectivity index (χ4n) is 2.51. The molecule has 0 amide bonds. The lowest BCUT2D eigenvalue weighted by Crippen LogP contribution is -2.63. The zero-order chi connectivity index (χ0) is 11.0. The van der Waals surface area contributed by atoms with Crippen LogP contribution in [-0.4, -0.2) is 47.0 Å². The van der Waals surface area contributed by atoms with Crippen molar-refractivity contribution in [2.24, 2.45) is 5.41 Å². The van der Waals surface area contributed by atoms with Crippen LogP contribution in [0.4, 0.5) is 0 Å². The summed E-state index contributed by atoms with van der Waals surface area (Å²) in [6.07, 6.45) is 1.27. The largest absolute Gasteiger partial charge is 0.396 e. The topological polar surface area (TPSA) is 43.7 Å². The van der Waals surface area contributed by atoms with Gasteiger partial charge in [-0.15, -0.1) is 0 Å². The lowest BCUT2D eigenvalue weighted by molar-refractivity contribution is -0.119. The number of nitrogens with zero attached hydrogens (tertiary/aromatic N) is 1. The molecule has 1 heterocycles. The van der Waals surface area contributed by atoms with Crippen molar-refractivity contribution in [2.45, 2.75) is 45.3 Å². The number of likely N-dealkylation sites (tertiary alicyclic amines) is 1. The fraction of sp³-hybridized carbons (Fsp3) is 1.00. The van der Waals surface area contributed by atoms with E-state index in [1.165, 1.54) is 0 Å². The third kappa shape index (κ3) is 1.58. The number of rotatable bonds is 2. The highest BCUT2D eigenvalue weighted by atomic mass is 16.3. The molecule has 0 aromatic rings. The van der Waals surface area contributed by atoms with Crippen LogP contribution in [0, 0.1) is 5.41 Å². The van der Waals surface area contributed by atoms with Gasteiger partial charge < -0.3 is 15.1 Å². The molecule has 0 bridgehead atoms. The Hall–Kier alpha value is -0.120. The van der Waals surface area contributed by atoms with Crippen LogP contribution < -0.4 is 0 Å². The summed E-state index contributed by atoms with van der Waals surface area (Å²) in [4.78, 5) is 2.26. The maximum Gasteiger partial charge on any atom is 0.0620 e. The quantitative estimate of drug-likeness (QED) is 0.696. The molecule has 1 fully saturated rings. The van der Waals surface area contributed by atoms with Crippen molar-refractivity contribution in [3.63, 3.8) is 0 Å². The number of hydrogen-bond donors (Lipinski definition) is 2. The summed E-state index contributed by atoms with van der Waals surface area (Å²) in [6.45, 7) is 7.38. The molecule has 2 atom stereocenters. The molecular formula is C11H23NO2. The molecule has 2 unspecified atom stereocenters. The van der Waals surface area contributed by atoms with E-state index in [-0.39, 0.29) is 23.7 Å². The zero-order valence-electron chi connectivity index (χ0n) is 9.75. The molecule has 1 aliphatic heterocycles. The molecule has 0 aliphatic carbocycles. The van der Waals surface area contributed by atoms with E-state index in [0.29, 0.717) is 6.42 Å². The van der Waals surface area contributed by atoms with Crippen molar-refractivity contribution < 1.29 is 10.2 Å². The van der Waals surface area contributed by atoms with Gasteiger partial charge in [-0.1, -0.05) is 13.8 Å². The highest BCUT2D eigenvalue weighted by Crippen LogP contribution is 2.44. The molecule has 0 aromatic heterocycles. The molecule has 0 saturated carbocycles. The maximum absolute atomic E-state index is 10.0. The third-order valence-corrected chi connectivity index (χ3v) is 4.40. The van der Waals surface area contributed by atoms with E-state index in [4.69, 9.17) is 5.11 Å². The normalized spacial score (nSPS) is 38.6. The highest BCUT2D eigenvalue weighted by molar-refractivity contribution is 5.04. The number of piperidine rings is 1. The Balaban J connectivity index is 2.95.